The summed E-state index contributed by atoms with van der Waals surface area (Å²) >= 11 is 1.80. The van der Waals surface area contributed by atoms with Gasteiger partial charge in [0.05, 0.1) is 6.04 Å². The third-order valence-electron chi connectivity index (χ3n) is 5.60. The van der Waals surface area contributed by atoms with Gasteiger partial charge in [0.2, 0.25) is 5.91 Å². The lowest BCUT2D eigenvalue weighted by atomic mass is 9.95. The number of nitrogens with zero attached hydrogens (tertiary/aromatic N) is 2. The third-order valence-corrected chi connectivity index (χ3v) is 6.60. The van der Waals surface area contributed by atoms with Crippen molar-refractivity contribution in [3.63, 3.8) is 0 Å². The minimum Gasteiger partial charge on any atom is -0.465 e. The van der Waals surface area contributed by atoms with E-state index in [1.165, 1.54) is 10.4 Å². The largest absolute Gasteiger partial charge is 0.465 e. The molecule has 2 aliphatic rings. The molecule has 0 aliphatic carbocycles. The Morgan fingerprint density at radius 1 is 1.28 bits per heavy atom. The van der Waals surface area contributed by atoms with Crippen molar-refractivity contribution >= 4 is 23.3 Å². The van der Waals surface area contributed by atoms with Crippen LogP contribution in [-0.2, 0) is 11.2 Å². The van der Waals surface area contributed by atoms with Crippen molar-refractivity contribution in [1.82, 2.24) is 9.80 Å². The maximum atomic E-state index is 12.8. The van der Waals surface area contributed by atoms with Crippen LogP contribution in [0, 0.1) is 0 Å². The zero-order valence-electron chi connectivity index (χ0n) is 14.9. The molecule has 0 radical (unpaired) electrons. The molecule has 3 heterocycles. The molecule has 1 N–H and O–H groups in total. The first kappa shape index (κ1) is 18.2. The predicted octanol–water partition coefficient (Wildman–Crippen LogP) is 4.29. The SMILES string of the molecule is CCC1c2ccsc2CCN1C(=O)CCCC1CCCCN1C(=O)O. The van der Waals surface area contributed by atoms with Crippen molar-refractivity contribution in [2.75, 3.05) is 13.1 Å². The minimum absolute atomic E-state index is 0.0888. The molecule has 5 nitrogen and oxygen atoms in total. The molecule has 0 aromatic carbocycles. The molecule has 0 bridgehead atoms. The summed E-state index contributed by atoms with van der Waals surface area (Å²) in [5.74, 6) is 0.224. The molecule has 2 amide bonds. The van der Waals surface area contributed by atoms with Crippen LogP contribution in [0.2, 0.25) is 0 Å². The minimum atomic E-state index is -0.817. The summed E-state index contributed by atoms with van der Waals surface area (Å²) in [4.78, 5) is 29.1. The average molecular weight is 365 g/mol. The molecule has 2 atom stereocenters. The van der Waals surface area contributed by atoms with Crippen LogP contribution < -0.4 is 0 Å². The number of hydrogen-bond acceptors (Lipinski definition) is 3. The van der Waals surface area contributed by atoms with Crippen LogP contribution in [0.3, 0.4) is 0 Å². The molecule has 138 valence electrons. The molecular weight excluding hydrogens is 336 g/mol. The van der Waals surface area contributed by atoms with Crippen LogP contribution in [-0.4, -0.2) is 46.0 Å². The molecule has 2 unspecified atom stereocenters. The quantitative estimate of drug-likeness (QED) is 0.848. The molecule has 2 aliphatic heterocycles. The molecule has 3 rings (SSSR count). The van der Waals surface area contributed by atoms with Gasteiger partial charge in [-0.25, -0.2) is 4.79 Å². The molecule has 1 aromatic rings. The summed E-state index contributed by atoms with van der Waals surface area (Å²) in [5, 5.41) is 11.4. The number of likely N-dealkylation sites (tertiary alicyclic amines) is 1. The number of carbonyl (C=O) groups excluding carboxylic acids is 1. The van der Waals surface area contributed by atoms with E-state index >= 15 is 0 Å². The normalized spacial score (nSPS) is 23.4. The fraction of sp³-hybridized carbons (Fsp3) is 0.684. The van der Waals surface area contributed by atoms with Crippen molar-refractivity contribution in [3.8, 4) is 0 Å². The van der Waals surface area contributed by atoms with E-state index in [-0.39, 0.29) is 18.0 Å². The topological polar surface area (TPSA) is 60.9 Å². The van der Waals surface area contributed by atoms with E-state index < -0.39 is 6.09 Å². The molecule has 1 fully saturated rings. The van der Waals surface area contributed by atoms with E-state index in [4.69, 9.17) is 0 Å². The highest BCUT2D eigenvalue weighted by molar-refractivity contribution is 7.10. The summed E-state index contributed by atoms with van der Waals surface area (Å²) in [6, 6.07) is 2.47. The number of thiophene rings is 1. The van der Waals surface area contributed by atoms with Gasteiger partial charge in [0.15, 0.2) is 0 Å². The summed E-state index contributed by atoms with van der Waals surface area (Å²) < 4.78 is 0. The van der Waals surface area contributed by atoms with Crippen LogP contribution >= 0.6 is 11.3 Å². The smallest absolute Gasteiger partial charge is 0.407 e. The highest BCUT2D eigenvalue weighted by Crippen LogP contribution is 2.35. The van der Waals surface area contributed by atoms with E-state index in [1.807, 2.05) is 4.90 Å². The van der Waals surface area contributed by atoms with Crippen LogP contribution in [0.5, 0.6) is 0 Å². The van der Waals surface area contributed by atoms with Crippen molar-refractivity contribution in [3.05, 3.63) is 21.9 Å². The molecule has 0 spiro atoms. The number of carboxylic acid groups (broad SMARTS) is 1. The van der Waals surface area contributed by atoms with Gasteiger partial charge < -0.3 is 14.9 Å². The zero-order chi connectivity index (χ0) is 17.8. The second-order valence-corrected chi connectivity index (χ2v) is 8.08. The van der Waals surface area contributed by atoms with Crippen LogP contribution in [0.25, 0.3) is 0 Å². The summed E-state index contributed by atoms with van der Waals surface area (Å²) in [6.45, 7) is 3.60. The first-order valence-corrected chi connectivity index (χ1v) is 10.3. The lowest BCUT2D eigenvalue weighted by molar-refractivity contribution is -0.134. The van der Waals surface area contributed by atoms with E-state index in [0.29, 0.717) is 13.0 Å². The second kappa shape index (κ2) is 8.21. The highest BCUT2D eigenvalue weighted by atomic mass is 32.1. The fourth-order valence-electron chi connectivity index (χ4n) is 4.32. The molecule has 0 saturated carbocycles. The Bertz CT molecular complexity index is 616. The van der Waals surface area contributed by atoms with E-state index in [2.05, 4.69) is 18.4 Å². The third kappa shape index (κ3) is 4.00. The number of fused-ring (bicyclic) bond motifs is 1. The zero-order valence-corrected chi connectivity index (χ0v) is 15.8. The van der Waals surface area contributed by atoms with Crippen molar-refractivity contribution < 1.29 is 14.7 Å². The lowest BCUT2D eigenvalue weighted by Crippen LogP contribution is -2.43. The number of amides is 2. The molecule has 6 heteroatoms. The molecule has 25 heavy (non-hydrogen) atoms. The van der Waals surface area contributed by atoms with Crippen molar-refractivity contribution in [2.24, 2.45) is 0 Å². The maximum Gasteiger partial charge on any atom is 0.407 e. The Labute approximate surface area is 153 Å². The van der Waals surface area contributed by atoms with Crippen LogP contribution in [0.4, 0.5) is 4.79 Å². The number of piperidine rings is 1. The van der Waals surface area contributed by atoms with Gasteiger partial charge >= 0.3 is 6.09 Å². The summed E-state index contributed by atoms with van der Waals surface area (Å²) in [6.07, 6.45) is 6.17. The highest BCUT2D eigenvalue weighted by Gasteiger charge is 2.31. The molecular formula is C19H28N2O3S. The van der Waals surface area contributed by atoms with Gasteiger partial charge in [-0.15, -0.1) is 11.3 Å². The first-order chi connectivity index (χ1) is 12.1. The Morgan fingerprint density at radius 2 is 2.12 bits per heavy atom. The van der Waals surface area contributed by atoms with Crippen LogP contribution in [0.15, 0.2) is 11.4 Å². The summed E-state index contributed by atoms with van der Waals surface area (Å²) in [5.41, 5.74) is 1.33. The van der Waals surface area contributed by atoms with Crippen molar-refractivity contribution in [2.45, 2.75) is 70.4 Å². The number of carbonyl (C=O) groups is 2. The van der Waals surface area contributed by atoms with Crippen LogP contribution in [0.1, 0.15) is 68.4 Å². The monoisotopic (exact) mass is 364 g/mol. The van der Waals surface area contributed by atoms with Gasteiger partial charge in [0, 0.05) is 30.4 Å². The molecule has 1 aromatic heterocycles. The van der Waals surface area contributed by atoms with Gasteiger partial charge in [-0.05, 0) is 62.0 Å². The number of rotatable bonds is 5. The van der Waals surface area contributed by atoms with Gasteiger partial charge in [-0.3, -0.25) is 4.79 Å². The van der Waals surface area contributed by atoms with Gasteiger partial charge in [0.25, 0.3) is 0 Å². The maximum absolute atomic E-state index is 12.8. The Hall–Kier alpha value is -1.56. The standard InChI is InChI=1S/C19H28N2O3S/c1-2-16-15-10-13-25-17(15)9-12-21(16)18(22)8-5-7-14-6-3-4-11-20(14)19(23)24/h10,13-14,16H,2-9,11-12H2,1H3,(H,23,24). The van der Waals surface area contributed by atoms with E-state index in [9.17, 15) is 14.7 Å². The Balaban J connectivity index is 1.53. The number of hydrogen-bond donors (Lipinski definition) is 1. The lowest BCUT2D eigenvalue weighted by Gasteiger charge is -2.36. The van der Waals surface area contributed by atoms with Gasteiger partial charge in [-0.1, -0.05) is 6.92 Å². The van der Waals surface area contributed by atoms with Gasteiger partial charge in [0.1, 0.15) is 0 Å². The second-order valence-electron chi connectivity index (χ2n) is 7.08. The summed E-state index contributed by atoms with van der Waals surface area (Å²) in [7, 11) is 0. The first-order valence-electron chi connectivity index (χ1n) is 9.47. The molecule has 1 saturated heterocycles. The van der Waals surface area contributed by atoms with Crippen molar-refractivity contribution in [1.29, 1.82) is 0 Å². The Morgan fingerprint density at radius 3 is 2.88 bits per heavy atom. The predicted molar refractivity (Wildman–Crippen MR) is 99.0 cm³/mol. The fourth-order valence-corrected chi connectivity index (χ4v) is 5.25. The van der Waals surface area contributed by atoms with E-state index in [1.54, 1.807) is 16.2 Å². The van der Waals surface area contributed by atoms with Gasteiger partial charge in [-0.2, -0.15) is 0 Å². The van der Waals surface area contributed by atoms with E-state index in [0.717, 1.165) is 51.5 Å². The average Bonchev–Trinajstić information content (AvgIpc) is 3.09. The Kier molecular flexibility index (Phi) is 5.99.